The lowest BCUT2D eigenvalue weighted by molar-refractivity contribution is 0.220. The average Bonchev–Trinajstić information content (AvgIpc) is 1.90. The second-order valence-corrected chi connectivity index (χ2v) is 2.42. The first-order valence-electron chi connectivity index (χ1n) is 3.62. The predicted molar refractivity (Wildman–Crippen MR) is 46.4 cm³/mol. The van der Waals surface area contributed by atoms with Gasteiger partial charge in [0.2, 0.25) is 0 Å². The largest absolute Gasteiger partial charge is 0.395 e. The summed E-state index contributed by atoms with van der Waals surface area (Å²) in [7, 11) is 0. The molecular formula is C7H18ClNO. The summed E-state index contributed by atoms with van der Waals surface area (Å²) in [4.78, 5) is 0. The van der Waals surface area contributed by atoms with E-state index in [1.54, 1.807) is 0 Å². The standard InChI is InChI=1S/C7H17NO.ClH/c1-3-6(4-2)7(8)5-9;/h6-7,9H,3-5,8H2,1-2H3;1H/t7-;/m1./s1. The van der Waals surface area contributed by atoms with Crippen LogP contribution in [0.25, 0.3) is 0 Å². The molecular weight excluding hydrogens is 150 g/mol. The van der Waals surface area contributed by atoms with Gasteiger partial charge in [-0.2, -0.15) is 0 Å². The quantitative estimate of drug-likeness (QED) is 0.661. The van der Waals surface area contributed by atoms with Crippen molar-refractivity contribution in [2.75, 3.05) is 6.61 Å². The highest BCUT2D eigenvalue weighted by atomic mass is 35.5. The lowest BCUT2D eigenvalue weighted by atomic mass is 9.96. The van der Waals surface area contributed by atoms with Crippen LogP contribution in [0, 0.1) is 5.92 Å². The highest BCUT2D eigenvalue weighted by Crippen LogP contribution is 2.09. The van der Waals surface area contributed by atoms with E-state index in [2.05, 4.69) is 13.8 Å². The van der Waals surface area contributed by atoms with Gasteiger partial charge in [0.15, 0.2) is 0 Å². The predicted octanol–water partition coefficient (Wildman–Crippen LogP) is 1.16. The van der Waals surface area contributed by atoms with E-state index >= 15 is 0 Å². The molecule has 0 aromatic heterocycles. The first kappa shape index (κ1) is 12.8. The van der Waals surface area contributed by atoms with Crippen molar-refractivity contribution in [2.24, 2.45) is 11.7 Å². The molecule has 0 aromatic rings. The lowest BCUT2D eigenvalue weighted by Crippen LogP contribution is -2.32. The van der Waals surface area contributed by atoms with Crippen LogP contribution >= 0.6 is 12.4 Å². The molecule has 0 fully saturated rings. The van der Waals surface area contributed by atoms with Crippen molar-refractivity contribution >= 4 is 12.4 Å². The molecule has 2 nitrogen and oxygen atoms in total. The van der Waals surface area contributed by atoms with Crippen molar-refractivity contribution in [3.63, 3.8) is 0 Å². The maximum Gasteiger partial charge on any atom is 0.0585 e. The van der Waals surface area contributed by atoms with E-state index in [0.29, 0.717) is 5.92 Å². The molecule has 0 saturated heterocycles. The molecule has 3 heteroatoms. The Morgan fingerprint density at radius 1 is 1.30 bits per heavy atom. The van der Waals surface area contributed by atoms with Gasteiger partial charge >= 0.3 is 0 Å². The van der Waals surface area contributed by atoms with Crippen LogP contribution in [0.5, 0.6) is 0 Å². The van der Waals surface area contributed by atoms with Gasteiger partial charge in [0, 0.05) is 6.04 Å². The fourth-order valence-corrected chi connectivity index (χ4v) is 1.04. The molecule has 0 aliphatic rings. The van der Waals surface area contributed by atoms with Gasteiger partial charge in [-0.15, -0.1) is 12.4 Å². The van der Waals surface area contributed by atoms with E-state index in [1.807, 2.05) is 0 Å². The minimum absolute atomic E-state index is 0. The van der Waals surface area contributed by atoms with Gasteiger partial charge in [-0.05, 0) is 5.92 Å². The van der Waals surface area contributed by atoms with E-state index < -0.39 is 0 Å². The minimum atomic E-state index is -0.0139. The van der Waals surface area contributed by atoms with Crippen molar-refractivity contribution in [2.45, 2.75) is 32.7 Å². The Balaban J connectivity index is 0. The second-order valence-electron chi connectivity index (χ2n) is 2.42. The van der Waals surface area contributed by atoms with Crippen molar-refractivity contribution < 1.29 is 5.11 Å². The maximum atomic E-state index is 8.64. The van der Waals surface area contributed by atoms with E-state index in [9.17, 15) is 0 Å². The third-order valence-electron chi connectivity index (χ3n) is 1.87. The Bertz CT molecular complexity index is 66.6. The van der Waals surface area contributed by atoms with Gasteiger partial charge in [-0.25, -0.2) is 0 Å². The molecule has 3 N–H and O–H groups in total. The molecule has 64 valence electrons. The Labute approximate surface area is 69.2 Å². The molecule has 0 unspecified atom stereocenters. The highest BCUT2D eigenvalue weighted by molar-refractivity contribution is 5.85. The fraction of sp³-hybridized carbons (Fsp3) is 1.00. The van der Waals surface area contributed by atoms with Crippen molar-refractivity contribution in [1.82, 2.24) is 0 Å². The summed E-state index contributed by atoms with van der Waals surface area (Å²) in [5.74, 6) is 0.495. The third-order valence-corrected chi connectivity index (χ3v) is 1.87. The van der Waals surface area contributed by atoms with Crippen LogP contribution in [0.3, 0.4) is 0 Å². The molecule has 0 spiro atoms. The molecule has 10 heavy (non-hydrogen) atoms. The summed E-state index contributed by atoms with van der Waals surface area (Å²) in [6.45, 7) is 4.32. The van der Waals surface area contributed by atoms with Crippen LogP contribution in [-0.2, 0) is 0 Å². The summed E-state index contributed by atoms with van der Waals surface area (Å²) in [6.07, 6.45) is 2.14. The van der Waals surface area contributed by atoms with Crippen LogP contribution in [0.4, 0.5) is 0 Å². The smallest absolute Gasteiger partial charge is 0.0585 e. The molecule has 0 rings (SSSR count). The molecule has 0 aromatic carbocycles. The van der Waals surface area contributed by atoms with E-state index in [-0.39, 0.29) is 25.1 Å². The van der Waals surface area contributed by atoms with E-state index in [0.717, 1.165) is 12.8 Å². The number of hydrogen-bond acceptors (Lipinski definition) is 2. The zero-order valence-electron chi connectivity index (χ0n) is 6.71. The first-order chi connectivity index (χ1) is 4.26. The summed E-state index contributed by atoms with van der Waals surface area (Å²) in [5.41, 5.74) is 5.59. The first-order valence-corrected chi connectivity index (χ1v) is 3.62. The molecule has 0 aliphatic heterocycles. The normalized spacial score (nSPS) is 12.9. The maximum absolute atomic E-state index is 8.64. The second kappa shape index (κ2) is 7.32. The van der Waals surface area contributed by atoms with Gasteiger partial charge in [0.1, 0.15) is 0 Å². The Morgan fingerprint density at radius 3 is 1.80 bits per heavy atom. The molecule has 0 saturated carbocycles. The number of halogens is 1. The third kappa shape index (κ3) is 4.09. The van der Waals surface area contributed by atoms with Gasteiger partial charge in [-0.3, -0.25) is 0 Å². The average molecular weight is 168 g/mol. The van der Waals surface area contributed by atoms with E-state index in [4.69, 9.17) is 10.8 Å². The molecule has 1 atom stereocenters. The molecule has 0 heterocycles. The summed E-state index contributed by atoms with van der Waals surface area (Å²) in [6, 6.07) is -0.0139. The monoisotopic (exact) mass is 167 g/mol. The zero-order chi connectivity index (χ0) is 7.28. The van der Waals surface area contributed by atoms with Crippen LogP contribution in [0.1, 0.15) is 26.7 Å². The molecule has 0 aliphatic carbocycles. The Hall–Kier alpha value is 0.210. The number of aliphatic hydroxyl groups is 1. The van der Waals surface area contributed by atoms with Crippen LogP contribution in [0.2, 0.25) is 0 Å². The SMILES string of the molecule is CCC(CC)[C@H](N)CO.Cl. The van der Waals surface area contributed by atoms with E-state index in [1.165, 1.54) is 0 Å². The van der Waals surface area contributed by atoms with Crippen LogP contribution in [-0.4, -0.2) is 17.8 Å². The lowest BCUT2D eigenvalue weighted by Gasteiger charge is -2.17. The van der Waals surface area contributed by atoms with Gasteiger partial charge < -0.3 is 10.8 Å². The Kier molecular flexibility index (Phi) is 9.40. The van der Waals surface area contributed by atoms with Crippen molar-refractivity contribution in [3.05, 3.63) is 0 Å². The zero-order valence-corrected chi connectivity index (χ0v) is 7.53. The molecule has 0 bridgehead atoms. The summed E-state index contributed by atoms with van der Waals surface area (Å²) in [5, 5.41) is 8.64. The number of hydrogen-bond donors (Lipinski definition) is 2. The molecule has 0 amide bonds. The fourth-order valence-electron chi connectivity index (χ4n) is 1.04. The summed E-state index contributed by atoms with van der Waals surface area (Å²) >= 11 is 0. The van der Waals surface area contributed by atoms with Gasteiger partial charge in [0.05, 0.1) is 6.61 Å². The Morgan fingerprint density at radius 2 is 1.70 bits per heavy atom. The highest BCUT2D eigenvalue weighted by Gasteiger charge is 2.11. The number of rotatable bonds is 4. The summed E-state index contributed by atoms with van der Waals surface area (Å²) < 4.78 is 0. The van der Waals surface area contributed by atoms with Crippen LogP contribution in [0.15, 0.2) is 0 Å². The topological polar surface area (TPSA) is 46.2 Å². The van der Waals surface area contributed by atoms with Gasteiger partial charge in [-0.1, -0.05) is 26.7 Å². The molecule has 0 radical (unpaired) electrons. The van der Waals surface area contributed by atoms with Crippen molar-refractivity contribution in [1.29, 1.82) is 0 Å². The minimum Gasteiger partial charge on any atom is -0.395 e. The number of nitrogens with two attached hydrogens (primary N) is 1. The van der Waals surface area contributed by atoms with Crippen LogP contribution < -0.4 is 5.73 Å². The number of aliphatic hydroxyl groups excluding tert-OH is 1. The van der Waals surface area contributed by atoms with Crippen molar-refractivity contribution in [3.8, 4) is 0 Å². The van der Waals surface area contributed by atoms with Gasteiger partial charge in [0.25, 0.3) is 0 Å².